The number of nitrogens with two attached hydrogens (primary N) is 1. The van der Waals surface area contributed by atoms with Gasteiger partial charge in [0.25, 0.3) is 0 Å². The lowest BCUT2D eigenvalue weighted by atomic mass is 10.0. The van der Waals surface area contributed by atoms with Crippen LogP contribution in [0.3, 0.4) is 0 Å². The van der Waals surface area contributed by atoms with Crippen molar-refractivity contribution in [3.63, 3.8) is 0 Å². The first kappa shape index (κ1) is 16.8. The highest BCUT2D eigenvalue weighted by Gasteiger charge is 2.35. The van der Waals surface area contributed by atoms with Crippen LogP contribution < -0.4 is 11.1 Å². The predicted molar refractivity (Wildman–Crippen MR) is 63.7 cm³/mol. The number of fused-ring (bicyclic) bond motifs is 1. The van der Waals surface area contributed by atoms with Crippen LogP contribution in [0.2, 0.25) is 0 Å². The Balaban J connectivity index is 0.000000270. The number of amides is 1. The molecule has 2 rings (SSSR count). The fourth-order valence-electron chi connectivity index (χ4n) is 1.63. The van der Waals surface area contributed by atoms with Gasteiger partial charge in [0.05, 0.1) is 4.92 Å². The molecule has 21 heavy (non-hydrogen) atoms. The van der Waals surface area contributed by atoms with Crippen LogP contribution in [0.15, 0.2) is 12.1 Å². The molecular weight excluding hydrogens is 298 g/mol. The molecule has 10 heteroatoms. The van der Waals surface area contributed by atoms with E-state index in [2.05, 4.69) is 11.1 Å². The normalized spacial score (nSPS) is 13.7. The summed E-state index contributed by atoms with van der Waals surface area (Å²) in [4.78, 5) is 18.9. The summed E-state index contributed by atoms with van der Waals surface area (Å²) >= 11 is 0. The van der Waals surface area contributed by atoms with Gasteiger partial charge in [-0.05, 0) is 30.2 Å². The lowest BCUT2D eigenvalue weighted by Gasteiger charge is -2.16. The number of alkyl halides is 3. The van der Waals surface area contributed by atoms with Crippen LogP contribution in [-0.4, -0.2) is 23.6 Å². The lowest BCUT2D eigenvalue weighted by Crippen LogP contribution is -2.30. The Morgan fingerprint density at radius 1 is 1.33 bits per heavy atom. The highest BCUT2D eigenvalue weighted by Crippen LogP contribution is 2.24. The second-order valence-electron chi connectivity index (χ2n) is 4.12. The lowest BCUT2D eigenvalue weighted by molar-refractivity contribution is -0.387. The van der Waals surface area contributed by atoms with E-state index in [-0.39, 0.29) is 0 Å². The zero-order valence-corrected chi connectivity index (χ0v) is 10.5. The van der Waals surface area contributed by atoms with E-state index < -0.39 is 28.5 Å². The summed E-state index contributed by atoms with van der Waals surface area (Å²) in [5, 5.41) is 13.5. The number of benzene rings is 1. The number of primary amides is 1. The monoisotopic (exact) mass is 309 g/mol. The average molecular weight is 309 g/mol. The number of nitrogens with zero attached hydrogens (tertiary/aromatic N) is 1. The third-order valence-electron chi connectivity index (χ3n) is 2.63. The molecule has 0 aliphatic carbocycles. The second-order valence-corrected chi connectivity index (χ2v) is 4.12. The minimum absolute atomic E-state index is 0.425. The van der Waals surface area contributed by atoms with Crippen molar-refractivity contribution in [2.24, 2.45) is 5.73 Å². The first-order chi connectivity index (χ1) is 9.62. The van der Waals surface area contributed by atoms with E-state index in [4.69, 9.17) is 4.79 Å². The van der Waals surface area contributed by atoms with Crippen molar-refractivity contribution >= 4 is 11.6 Å². The number of halogens is 4. The molecule has 1 aliphatic heterocycles. The maximum absolute atomic E-state index is 13.2. The number of rotatable bonds is 1. The number of hydrogen-bond acceptors (Lipinski definition) is 4. The third kappa shape index (κ3) is 4.67. The van der Waals surface area contributed by atoms with Gasteiger partial charge in [0.2, 0.25) is 5.82 Å². The van der Waals surface area contributed by atoms with E-state index in [0.717, 1.165) is 24.1 Å². The Kier molecular flexibility index (Phi) is 5.19. The number of carbonyl (C=O) groups excluding carboxylic acids is 1. The van der Waals surface area contributed by atoms with Crippen LogP contribution >= 0.6 is 0 Å². The molecule has 1 heterocycles. The molecule has 116 valence electrons. The minimum Gasteiger partial charge on any atom is -0.362 e. The minimum atomic E-state index is -4.86. The van der Waals surface area contributed by atoms with Gasteiger partial charge in [-0.3, -0.25) is 14.9 Å². The van der Waals surface area contributed by atoms with Crippen molar-refractivity contribution in [2.45, 2.75) is 19.1 Å². The fourth-order valence-corrected chi connectivity index (χ4v) is 1.63. The van der Waals surface area contributed by atoms with Crippen LogP contribution in [0.25, 0.3) is 0 Å². The fraction of sp³-hybridized carbons (Fsp3) is 0.364. The van der Waals surface area contributed by atoms with Crippen LogP contribution in [-0.2, 0) is 17.8 Å². The first-order valence-electron chi connectivity index (χ1n) is 5.66. The summed E-state index contributed by atoms with van der Waals surface area (Å²) in [5.74, 6) is -3.01. The second kappa shape index (κ2) is 6.48. The Morgan fingerprint density at radius 3 is 2.38 bits per heavy atom. The molecule has 0 saturated heterocycles. The summed E-state index contributed by atoms with van der Waals surface area (Å²) in [5.41, 5.74) is 5.07. The van der Waals surface area contributed by atoms with Gasteiger partial charge in [0, 0.05) is 12.6 Å². The summed E-state index contributed by atoms with van der Waals surface area (Å²) in [6.45, 7) is 1.38. The maximum atomic E-state index is 13.2. The van der Waals surface area contributed by atoms with Gasteiger partial charge >= 0.3 is 17.8 Å². The largest absolute Gasteiger partial charge is 0.470 e. The molecule has 0 bridgehead atoms. The molecule has 0 spiro atoms. The van der Waals surface area contributed by atoms with Crippen LogP contribution in [0.1, 0.15) is 11.1 Å². The first-order valence-corrected chi connectivity index (χ1v) is 5.66. The zero-order chi connectivity index (χ0) is 16.2. The Hall–Kier alpha value is -2.23. The molecule has 0 radical (unpaired) electrons. The standard InChI is InChI=1S/C9H9FN2O2.C2H2F3NO/c10-8-3-7-5-11-2-1-6(7)4-9(8)12(13)14;3-2(4,5)1(6)7/h3-4,11H,1-2,5H2;(H2,6,7). The number of nitro groups is 1. The number of hydrogen-bond donors (Lipinski definition) is 2. The van der Waals surface area contributed by atoms with Gasteiger partial charge < -0.3 is 11.1 Å². The van der Waals surface area contributed by atoms with E-state index in [1.165, 1.54) is 12.1 Å². The van der Waals surface area contributed by atoms with E-state index >= 15 is 0 Å². The Morgan fingerprint density at radius 2 is 1.90 bits per heavy atom. The number of nitrogens with one attached hydrogen (secondary N) is 1. The summed E-state index contributed by atoms with van der Waals surface area (Å²) in [6, 6.07) is 2.59. The molecular formula is C11H11F4N3O3. The molecule has 0 saturated carbocycles. The smallest absolute Gasteiger partial charge is 0.362 e. The van der Waals surface area contributed by atoms with Crippen molar-refractivity contribution in [2.75, 3.05) is 6.54 Å². The summed E-state index contributed by atoms with van der Waals surface area (Å²) < 4.78 is 45.3. The number of carbonyl (C=O) groups is 1. The van der Waals surface area contributed by atoms with Gasteiger partial charge in [-0.25, -0.2) is 0 Å². The molecule has 0 fully saturated rings. The van der Waals surface area contributed by atoms with E-state index in [1.54, 1.807) is 0 Å². The molecule has 6 nitrogen and oxygen atoms in total. The van der Waals surface area contributed by atoms with Gasteiger partial charge in [-0.1, -0.05) is 0 Å². The molecule has 0 aromatic heterocycles. The molecule has 3 N–H and O–H groups in total. The summed E-state index contributed by atoms with van der Waals surface area (Å²) in [7, 11) is 0. The Labute approximate surface area is 116 Å². The number of nitro benzene ring substituents is 1. The maximum Gasteiger partial charge on any atom is 0.470 e. The van der Waals surface area contributed by atoms with Crippen LogP contribution in [0, 0.1) is 15.9 Å². The third-order valence-corrected chi connectivity index (χ3v) is 2.63. The van der Waals surface area contributed by atoms with E-state index in [1.807, 2.05) is 0 Å². The summed E-state index contributed by atoms with van der Waals surface area (Å²) in [6.07, 6.45) is -4.14. The van der Waals surface area contributed by atoms with Crippen molar-refractivity contribution < 1.29 is 27.3 Å². The highest BCUT2D eigenvalue weighted by molar-refractivity contribution is 5.79. The van der Waals surface area contributed by atoms with Crippen molar-refractivity contribution in [1.29, 1.82) is 0 Å². The molecule has 1 aliphatic rings. The van der Waals surface area contributed by atoms with Gasteiger partial charge in [-0.2, -0.15) is 17.6 Å². The van der Waals surface area contributed by atoms with Gasteiger partial charge in [0.15, 0.2) is 0 Å². The molecule has 0 unspecified atom stereocenters. The molecule has 1 amide bonds. The molecule has 1 aromatic rings. The van der Waals surface area contributed by atoms with E-state index in [9.17, 15) is 27.7 Å². The molecule has 1 aromatic carbocycles. The van der Waals surface area contributed by atoms with Crippen LogP contribution in [0.4, 0.5) is 23.2 Å². The van der Waals surface area contributed by atoms with Crippen molar-refractivity contribution in [1.82, 2.24) is 5.32 Å². The van der Waals surface area contributed by atoms with Gasteiger partial charge in [0.1, 0.15) is 0 Å². The highest BCUT2D eigenvalue weighted by atomic mass is 19.4. The van der Waals surface area contributed by atoms with Gasteiger partial charge in [-0.15, -0.1) is 0 Å². The van der Waals surface area contributed by atoms with Crippen molar-refractivity contribution in [3.05, 3.63) is 39.2 Å². The molecule has 0 atom stereocenters. The predicted octanol–water partition coefficient (Wildman–Crippen LogP) is 1.41. The topological polar surface area (TPSA) is 98.3 Å². The average Bonchev–Trinajstić information content (AvgIpc) is 2.37. The van der Waals surface area contributed by atoms with Crippen molar-refractivity contribution in [3.8, 4) is 0 Å². The van der Waals surface area contributed by atoms with Crippen LogP contribution in [0.5, 0.6) is 0 Å². The van der Waals surface area contributed by atoms with E-state index in [0.29, 0.717) is 6.54 Å². The quantitative estimate of drug-likeness (QED) is 0.465. The Bertz CT molecular complexity index is 560. The zero-order valence-electron chi connectivity index (χ0n) is 10.5. The SMILES string of the molecule is NC(=O)C(F)(F)F.O=[N+]([O-])c1cc2c(cc1F)CNCC2.